The Morgan fingerprint density at radius 2 is 2.07 bits per heavy atom. The van der Waals surface area contributed by atoms with Gasteiger partial charge in [-0.15, -0.1) is 0 Å². The average Bonchev–Trinajstić information content (AvgIpc) is 3.27. The van der Waals surface area contributed by atoms with Gasteiger partial charge in [0.15, 0.2) is 11.6 Å². The van der Waals surface area contributed by atoms with E-state index in [0.29, 0.717) is 36.2 Å². The molecule has 2 aromatic heterocycles. The second kappa shape index (κ2) is 7.09. The first kappa shape index (κ1) is 18.0. The summed E-state index contributed by atoms with van der Waals surface area (Å²) in [6, 6.07) is 3.38. The fraction of sp³-hybridized carbons (Fsp3) is 0.381. The smallest absolute Gasteiger partial charge is 0.273 e. The zero-order valence-electron chi connectivity index (χ0n) is 15.7. The lowest BCUT2D eigenvalue weighted by Crippen LogP contribution is -2.41. The first-order chi connectivity index (χ1) is 14.1. The van der Waals surface area contributed by atoms with Crippen molar-refractivity contribution in [1.82, 2.24) is 19.9 Å². The van der Waals surface area contributed by atoms with Gasteiger partial charge < -0.3 is 14.3 Å². The number of aryl methyl sites for hydroxylation is 1. The highest BCUT2D eigenvalue weighted by Crippen LogP contribution is 2.35. The number of fused-ring (bicyclic) bond motifs is 1. The summed E-state index contributed by atoms with van der Waals surface area (Å²) in [5, 5.41) is 3.00. The number of oxazole rings is 1. The lowest BCUT2D eigenvalue weighted by atomic mass is 9.85. The van der Waals surface area contributed by atoms with Crippen molar-refractivity contribution in [1.29, 1.82) is 0 Å². The van der Waals surface area contributed by atoms with Gasteiger partial charge in [-0.3, -0.25) is 4.79 Å². The Morgan fingerprint density at radius 1 is 1.21 bits per heavy atom. The van der Waals surface area contributed by atoms with Crippen molar-refractivity contribution >= 4 is 5.91 Å². The van der Waals surface area contributed by atoms with Gasteiger partial charge in [-0.1, -0.05) is 6.42 Å². The fourth-order valence-corrected chi connectivity index (χ4v) is 3.88. The zero-order chi connectivity index (χ0) is 20.0. The number of hydrogen-bond donors (Lipinski definition) is 1. The third kappa shape index (κ3) is 3.43. The summed E-state index contributed by atoms with van der Waals surface area (Å²) in [6.45, 7) is 0.532. The van der Waals surface area contributed by atoms with Gasteiger partial charge in [0.05, 0.1) is 5.69 Å². The van der Waals surface area contributed by atoms with Crippen LogP contribution in [0, 0.1) is 11.6 Å². The SMILES string of the molecule is O=C(NC1CCc2nc(-c3ccc(F)cc3F)cn2C1)c1coc(C2CCC2)n1. The number of rotatable bonds is 4. The highest BCUT2D eigenvalue weighted by atomic mass is 19.1. The third-order valence-corrected chi connectivity index (χ3v) is 5.74. The van der Waals surface area contributed by atoms with Crippen molar-refractivity contribution in [2.75, 3.05) is 0 Å². The van der Waals surface area contributed by atoms with Crippen LogP contribution in [0.4, 0.5) is 8.78 Å². The van der Waals surface area contributed by atoms with Crippen molar-refractivity contribution in [3.05, 3.63) is 59.7 Å². The maximum Gasteiger partial charge on any atom is 0.273 e. The molecule has 1 atom stereocenters. The molecular weight excluding hydrogens is 378 g/mol. The van der Waals surface area contributed by atoms with E-state index in [4.69, 9.17) is 4.42 Å². The molecule has 1 saturated carbocycles. The highest BCUT2D eigenvalue weighted by Gasteiger charge is 2.27. The van der Waals surface area contributed by atoms with Gasteiger partial charge >= 0.3 is 0 Å². The molecule has 0 spiro atoms. The number of carbonyl (C=O) groups is 1. The number of halogens is 2. The van der Waals surface area contributed by atoms with Gasteiger partial charge in [0.25, 0.3) is 5.91 Å². The molecular formula is C21H20F2N4O2. The van der Waals surface area contributed by atoms with Crippen LogP contribution in [0.2, 0.25) is 0 Å². The predicted molar refractivity (Wildman–Crippen MR) is 100 cm³/mol. The average molecular weight is 398 g/mol. The molecule has 1 amide bonds. The molecule has 2 aliphatic rings. The minimum Gasteiger partial charge on any atom is -0.448 e. The minimum atomic E-state index is -0.640. The molecule has 29 heavy (non-hydrogen) atoms. The van der Waals surface area contributed by atoms with Gasteiger partial charge in [0.1, 0.15) is 23.7 Å². The van der Waals surface area contributed by atoms with Crippen LogP contribution in [0.5, 0.6) is 0 Å². The summed E-state index contributed by atoms with van der Waals surface area (Å²) in [5.74, 6) is 0.295. The largest absolute Gasteiger partial charge is 0.448 e. The maximum absolute atomic E-state index is 14.1. The molecule has 0 bridgehead atoms. The van der Waals surface area contributed by atoms with Crippen molar-refractivity contribution < 1.29 is 18.0 Å². The van der Waals surface area contributed by atoms with E-state index in [1.54, 1.807) is 6.20 Å². The van der Waals surface area contributed by atoms with E-state index >= 15 is 0 Å². The molecule has 0 saturated heterocycles. The van der Waals surface area contributed by atoms with Crippen LogP contribution in [-0.4, -0.2) is 26.5 Å². The second-order valence-electron chi connectivity index (χ2n) is 7.73. The summed E-state index contributed by atoms with van der Waals surface area (Å²) in [5.41, 5.74) is 1.03. The molecule has 3 heterocycles. The molecule has 1 fully saturated rings. The van der Waals surface area contributed by atoms with Crippen LogP contribution in [0.15, 0.2) is 35.1 Å². The topological polar surface area (TPSA) is 73.0 Å². The van der Waals surface area contributed by atoms with Gasteiger partial charge in [-0.05, 0) is 31.4 Å². The van der Waals surface area contributed by atoms with Crippen LogP contribution in [0.1, 0.15) is 53.8 Å². The molecule has 3 aromatic rings. The zero-order valence-corrected chi connectivity index (χ0v) is 15.7. The van der Waals surface area contributed by atoms with E-state index in [1.165, 1.54) is 24.8 Å². The molecule has 1 aliphatic carbocycles. The lowest BCUT2D eigenvalue weighted by Gasteiger charge is -2.24. The van der Waals surface area contributed by atoms with E-state index < -0.39 is 11.6 Å². The summed E-state index contributed by atoms with van der Waals surface area (Å²) >= 11 is 0. The van der Waals surface area contributed by atoms with Crippen LogP contribution < -0.4 is 5.32 Å². The monoisotopic (exact) mass is 398 g/mol. The molecule has 8 heteroatoms. The van der Waals surface area contributed by atoms with Crippen LogP contribution >= 0.6 is 0 Å². The quantitative estimate of drug-likeness (QED) is 0.725. The maximum atomic E-state index is 14.1. The number of nitrogens with zero attached hydrogens (tertiary/aromatic N) is 3. The fourth-order valence-electron chi connectivity index (χ4n) is 3.88. The van der Waals surface area contributed by atoms with Gasteiger partial charge in [0, 0.05) is 42.8 Å². The molecule has 6 nitrogen and oxygen atoms in total. The Bertz CT molecular complexity index is 1070. The van der Waals surface area contributed by atoms with Gasteiger partial charge in [0.2, 0.25) is 0 Å². The van der Waals surface area contributed by atoms with Crippen molar-refractivity contribution in [3.8, 4) is 11.3 Å². The number of benzene rings is 1. The predicted octanol–water partition coefficient (Wildman–Crippen LogP) is 3.83. The number of imidazole rings is 1. The molecule has 150 valence electrons. The van der Waals surface area contributed by atoms with E-state index in [1.807, 2.05) is 4.57 Å². The van der Waals surface area contributed by atoms with E-state index in [0.717, 1.165) is 31.2 Å². The standard InChI is InChI=1S/C21H20F2N4O2/c22-13-4-6-15(16(23)8-13)17-10-27-9-14(5-7-19(27)25-17)24-20(28)18-11-29-21(26-18)12-2-1-3-12/h4,6,8,10-12,14H,1-3,5,7,9H2,(H,24,28). The Hall–Kier alpha value is -3.03. The van der Waals surface area contributed by atoms with Crippen LogP contribution in [0.3, 0.4) is 0 Å². The summed E-state index contributed by atoms with van der Waals surface area (Å²) in [6.07, 6.45) is 7.84. The van der Waals surface area contributed by atoms with Crippen molar-refractivity contribution in [3.63, 3.8) is 0 Å². The van der Waals surface area contributed by atoms with Crippen molar-refractivity contribution in [2.24, 2.45) is 0 Å². The van der Waals surface area contributed by atoms with Gasteiger partial charge in [-0.25, -0.2) is 18.7 Å². The van der Waals surface area contributed by atoms with E-state index in [9.17, 15) is 13.6 Å². The normalized spacial score (nSPS) is 18.9. The summed E-state index contributed by atoms with van der Waals surface area (Å²) in [7, 11) is 0. The van der Waals surface area contributed by atoms with E-state index in [2.05, 4.69) is 15.3 Å². The number of nitrogens with one attached hydrogen (secondary N) is 1. The molecule has 1 aromatic carbocycles. The number of amides is 1. The number of carbonyl (C=O) groups excluding carboxylic acids is 1. The molecule has 5 rings (SSSR count). The first-order valence-corrected chi connectivity index (χ1v) is 9.84. The first-order valence-electron chi connectivity index (χ1n) is 9.84. The Morgan fingerprint density at radius 3 is 2.83 bits per heavy atom. The lowest BCUT2D eigenvalue weighted by molar-refractivity contribution is 0.0922. The van der Waals surface area contributed by atoms with Gasteiger partial charge in [-0.2, -0.15) is 0 Å². The molecule has 1 N–H and O–H groups in total. The minimum absolute atomic E-state index is 0.0843. The summed E-state index contributed by atoms with van der Waals surface area (Å²) in [4.78, 5) is 21.3. The Labute approximate surface area is 166 Å². The van der Waals surface area contributed by atoms with Crippen LogP contribution in [0.25, 0.3) is 11.3 Å². The van der Waals surface area contributed by atoms with E-state index in [-0.39, 0.29) is 17.5 Å². The Kier molecular flexibility index (Phi) is 4.41. The number of aromatic nitrogens is 3. The molecule has 0 radical (unpaired) electrons. The van der Waals surface area contributed by atoms with Crippen LogP contribution in [-0.2, 0) is 13.0 Å². The highest BCUT2D eigenvalue weighted by molar-refractivity contribution is 5.92. The molecule has 1 aliphatic heterocycles. The second-order valence-corrected chi connectivity index (χ2v) is 7.73. The summed E-state index contributed by atoms with van der Waals surface area (Å²) < 4.78 is 34.6. The number of hydrogen-bond acceptors (Lipinski definition) is 4. The third-order valence-electron chi connectivity index (χ3n) is 5.74. The van der Waals surface area contributed by atoms with Crippen molar-refractivity contribution in [2.45, 2.75) is 50.6 Å². The Balaban J connectivity index is 1.28. The molecule has 1 unspecified atom stereocenters.